The molecule has 2 aromatic carbocycles. The topological polar surface area (TPSA) is 32.3 Å². The van der Waals surface area contributed by atoms with Crippen LogP contribution < -0.4 is 5.32 Å². The van der Waals surface area contributed by atoms with Crippen LogP contribution in [0.2, 0.25) is 0 Å². The molecule has 0 aliphatic heterocycles. The summed E-state index contributed by atoms with van der Waals surface area (Å²) in [5, 5.41) is 3.11. The van der Waals surface area contributed by atoms with Crippen LogP contribution in [-0.2, 0) is 6.42 Å². The highest BCUT2D eigenvalue weighted by molar-refractivity contribution is 7.98. The Morgan fingerprint density at radius 3 is 2.40 bits per heavy atom. The van der Waals surface area contributed by atoms with Crippen molar-refractivity contribution >= 4 is 17.7 Å². The maximum atomic E-state index is 12.7. The monoisotopic (exact) mass is 356 g/mol. The largest absolute Gasteiger partial charge is 0.350 e. The van der Waals surface area contributed by atoms with Gasteiger partial charge in [-0.25, -0.2) is 0 Å². The van der Waals surface area contributed by atoms with E-state index in [1.165, 1.54) is 11.1 Å². The van der Waals surface area contributed by atoms with E-state index in [4.69, 9.17) is 0 Å². The zero-order valence-electron chi connectivity index (χ0n) is 15.8. The van der Waals surface area contributed by atoms with E-state index >= 15 is 0 Å². The van der Waals surface area contributed by atoms with Crippen LogP contribution in [0.4, 0.5) is 0 Å². The van der Waals surface area contributed by atoms with Crippen molar-refractivity contribution in [1.82, 2.24) is 10.2 Å². The number of nitrogens with zero attached hydrogens (tertiary/aromatic N) is 1. The Bertz CT molecular complexity index is 710. The summed E-state index contributed by atoms with van der Waals surface area (Å²) in [6.07, 6.45) is 3.06. The van der Waals surface area contributed by atoms with Gasteiger partial charge in [-0.1, -0.05) is 37.3 Å². The standard InChI is InChI=1S/C21H28N2OS/c1-6-16-8-10-17(11-9-16)20(23(3)4)14-22-21(24)19-13-18(25-5)12-7-15(19)2/h7-13,20H,6,14H2,1-5H3,(H,22,24). The maximum absolute atomic E-state index is 12.7. The molecule has 0 radical (unpaired) electrons. The lowest BCUT2D eigenvalue weighted by Gasteiger charge is -2.25. The molecule has 0 saturated heterocycles. The van der Waals surface area contributed by atoms with Crippen LogP contribution >= 0.6 is 11.8 Å². The minimum absolute atomic E-state index is 0.00886. The third-order valence-electron chi connectivity index (χ3n) is 4.54. The van der Waals surface area contributed by atoms with Crippen molar-refractivity contribution in [3.8, 4) is 0 Å². The Morgan fingerprint density at radius 2 is 1.84 bits per heavy atom. The van der Waals surface area contributed by atoms with E-state index in [1.807, 2.05) is 39.4 Å². The second-order valence-electron chi connectivity index (χ2n) is 6.47. The third-order valence-corrected chi connectivity index (χ3v) is 5.27. The Hall–Kier alpha value is -1.78. The zero-order valence-corrected chi connectivity index (χ0v) is 16.6. The molecule has 1 unspecified atom stereocenters. The molecule has 0 spiro atoms. The number of carbonyl (C=O) groups excluding carboxylic acids is 1. The SMILES string of the molecule is CCc1ccc(C(CNC(=O)c2cc(SC)ccc2C)N(C)C)cc1. The molecule has 4 heteroatoms. The highest BCUT2D eigenvalue weighted by Crippen LogP contribution is 2.21. The van der Waals surface area contributed by atoms with Gasteiger partial charge in [0.2, 0.25) is 0 Å². The first-order valence-electron chi connectivity index (χ1n) is 8.64. The Morgan fingerprint density at radius 1 is 1.16 bits per heavy atom. The predicted molar refractivity (Wildman–Crippen MR) is 108 cm³/mol. The average Bonchev–Trinajstić information content (AvgIpc) is 2.62. The van der Waals surface area contributed by atoms with E-state index in [2.05, 4.69) is 47.5 Å². The van der Waals surface area contributed by atoms with Gasteiger partial charge < -0.3 is 10.2 Å². The number of amides is 1. The van der Waals surface area contributed by atoms with E-state index < -0.39 is 0 Å². The van der Waals surface area contributed by atoms with E-state index in [1.54, 1.807) is 11.8 Å². The lowest BCUT2D eigenvalue weighted by molar-refractivity contribution is 0.0941. The summed E-state index contributed by atoms with van der Waals surface area (Å²) in [5.74, 6) is -0.00886. The van der Waals surface area contributed by atoms with Gasteiger partial charge in [0.15, 0.2) is 0 Å². The van der Waals surface area contributed by atoms with E-state index in [0.717, 1.165) is 22.4 Å². The van der Waals surface area contributed by atoms with Crippen LogP contribution in [0.15, 0.2) is 47.4 Å². The number of nitrogens with one attached hydrogen (secondary N) is 1. The van der Waals surface area contributed by atoms with Crippen molar-refractivity contribution in [2.24, 2.45) is 0 Å². The van der Waals surface area contributed by atoms with Gasteiger partial charge in [0, 0.05) is 17.0 Å². The number of rotatable bonds is 7. The van der Waals surface area contributed by atoms with Crippen molar-refractivity contribution in [3.05, 3.63) is 64.7 Å². The van der Waals surface area contributed by atoms with Gasteiger partial charge in [-0.2, -0.15) is 0 Å². The van der Waals surface area contributed by atoms with Crippen LogP contribution in [0, 0.1) is 6.92 Å². The first-order valence-corrected chi connectivity index (χ1v) is 9.86. The lowest BCUT2D eigenvalue weighted by Crippen LogP contribution is -2.34. The fraction of sp³-hybridized carbons (Fsp3) is 0.381. The Kier molecular flexibility index (Phi) is 7.09. The van der Waals surface area contributed by atoms with E-state index in [0.29, 0.717) is 6.54 Å². The molecule has 134 valence electrons. The summed E-state index contributed by atoms with van der Waals surface area (Å²) in [4.78, 5) is 15.9. The summed E-state index contributed by atoms with van der Waals surface area (Å²) in [6, 6.07) is 14.8. The fourth-order valence-electron chi connectivity index (χ4n) is 2.83. The van der Waals surface area contributed by atoms with Crippen molar-refractivity contribution in [1.29, 1.82) is 0 Å². The molecular weight excluding hydrogens is 328 g/mol. The minimum Gasteiger partial charge on any atom is -0.350 e. The Balaban J connectivity index is 2.11. The molecule has 0 aliphatic rings. The Labute approximate surface area is 155 Å². The first-order chi connectivity index (χ1) is 12.0. The molecule has 2 rings (SSSR count). The molecule has 25 heavy (non-hydrogen) atoms. The van der Waals surface area contributed by atoms with Gasteiger partial charge in [-0.15, -0.1) is 11.8 Å². The smallest absolute Gasteiger partial charge is 0.251 e. The molecule has 0 bridgehead atoms. The second-order valence-corrected chi connectivity index (χ2v) is 7.35. The van der Waals surface area contributed by atoms with Crippen molar-refractivity contribution < 1.29 is 4.79 Å². The number of aryl methyl sites for hydroxylation is 2. The third kappa shape index (κ3) is 5.10. The fourth-order valence-corrected chi connectivity index (χ4v) is 3.27. The molecule has 1 N–H and O–H groups in total. The number of benzene rings is 2. The molecule has 0 saturated carbocycles. The summed E-state index contributed by atoms with van der Waals surface area (Å²) in [6.45, 7) is 4.72. The molecule has 1 amide bonds. The molecule has 0 heterocycles. The van der Waals surface area contributed by atoms with Crippen molar-refractivity contribution in [2.75, 3.05) is 26.9 Å². The van der Waals surface area contributed by atoms with Crippen LogP contribution in [0.1, 0.15) is 40.0 Å². The van der Waals surface area contributed by atoms with Gasteiger partial charge >= 0.3 is 0 Å². The van der Waals surface area contributed by atoms with Crippen LogP contribution in [0.25, 0.3) is 0 Å². The molecule has 1 atom stereocenters. The maximum Gasteiger partial charge on any atom is 0.251 e. The van der Waals surface area contributed by atoms with Crippen molar-refractivity contribution in [3.63, 3.8) is 0 Å². The minimum atomic E-state index is -0.00886. The lowest BCUT2D eigenvalue weighted by atomic mass is 10.0. The second kappa shape index (κ2) is 9.07. The van der Waals surface area contributed by atoms with Crippen LogP contribution in [0.5, 0.6) is 0 Å². The number of hydrogen-bond acceptors (Lipinski definition) is 3. The summed E-state index contributed by atoms with van der Waals surface area (Å²) >= 11 is 1.65. The highest BCUT2D eigenvalue weighted by atomic mass is 32.2. The van der Waals surface area contributed by atoms with Gasteiger partial charge in [0.1, 0.15) is 0 Å². The molecule has 0 aromatic heterocycles. The average molecular weight is 357 g/mol. The number of thioether (sulfide) groups is 1. The van der Waals surface area contributed by atoms with Gasteiger partial charge in [-0.05, 0) is 62.5 Å². The van der Waals surface area contributed by atoms with Gasteiger partial charge in [0.05, 0.1) is 6.04 Å². The van der Waals surface area contributed by atoms with Crippen LogP contribution in [0.3, 0.4) is 0 Å². The first kappa shape index (κ1) is 19.5. The molecule has 2 aromatic rings. The number of carbonyl (C=O) groups is 1. The van der Waals surface area contributed by atoms with Crippen molar-refractivity contribution in [2.45, 2.75) is 31.2 Å². The normalized spacial score (nSPS) is 12.2. The zero-order chi connectivity index (χ0) is 18.4. The van der Waals surface area contributed by atoms with Gasteiger partial charge in [-0.3, -0.25) is 4.79 Å². The predicted octanol–water partition coefficient (Wildman–Crippen LogP) is 4.31. The van der Waals surface area contributed by atoms with Gasteiger partial charge in [0.25, 0.3) is 5.91 Å². The molecule has 0 aliphatic carbocycles. The van der Waals surface area contributed by atoms with E-state index in [9.17, 15) is 4.79 Å². The van der Waals surface area contributed by atoms with Crippen LogP contribution in [-0.4, -0.2) is 37.7 Å². The number of likely N-dealkylation sites (N-methyl/N-ethyl adjacent to an activating group) is 1. The number of hydrogen-bond donors (Lipinski definition) is 1. The molecule has 3 nitrogen and oxygen atoms in total. The van der Waals surface area contributed by atoms with E-state index in [-0.39, 0.29) is 11.9 Å². The summed E-state index contributed by atoms with van der Waals surface area (Å²) < 4.78 is 0. The molecule has 0 fully saturated rings. The summed E-state index contributed by atoms with van der Waals surface area (Å²) in [5.41, 5.74) is 4.31. The quantitative estimate of drug-likeness (QED) is 0.750. The molecular formula is C21H28N2OS. The highest BCUT2D eigenvalue weighted by Gasteiger charge is 2.17. The summed E-state index contributed by atoms with van der Waals surface area (Å²) in [7, 11) is 4.09.